The first-order valence-corrected chi connectivity index (χ1v) is 10.6. The Bertz CT molecular complexity index is 959. The molecule has 2 heterocycles. The van der Waals surface area contributed by atoms with E-state index in [1.807, 2.05) is 49.4 Å². The minimum Gasteiger partial charge on any atom is -0.336 e. The summed E-state index contributed by atoms with van der Waals surface area (Å²) in [5.41, 5.74) is 5.31. The van der Waals surface area contributed by atoms with Crippen molar-refractivity contribution in [3.05, 3.63) is 70.9 Å². The summed E-state index contributed by atoms with van der Waals surface area (Å²) in [5, 5.41) is 0. The quantitative estimate of drug-likeness (QED) is 0.509. The van der Waals surface area contributed by atoms with Gasteiger partial charge in [-0.3, -0.25) is 14.5 Å². The van der Waals surface area contributed by atoms with Crippen molar-refractivity contribution in [2.24, 2.45) is 0 Å². The zero-order valence-corrected chi connectivity index (χ0v) is 17.3. The molecule has 0 fully saturated rings. The number of aryl methyl sites for hydroxylation is 1. The predicted molar refractivity (Wildman–Crippen MR) is 116 cm³/mol. The maximum absolute atomic E-state index is 13.4. The van der Waals surface area contributed by atoms with E-state index in [4.69, 9.17) is 0 Å². The van der Waals surface area contributed by atoms with Gasteiger partial charge in [0.1, 0.15) is 5.70 Å². The van der Waals surface area contributed by atoms with Crippen LogP contribution < -0.4 is 4.90 Å². The van der Waals surface area contributed by atoms with Crippen molar-refractivity contribution in [1.29, 1.82) is 0 Å². The molecule has 0 spiro atoms. The fourth-order valence-electron chi connectivity index (χ4n) is 4.26. The number of unbranched alkanes of at least 4 members (excludes halogenated alkanes) is 3. The van der Waals surface area contributed by atoms with Crippen molar-refractivity contribution in [2.45, 2.75) is 46.0 Å². The standard InChI is InChI=1S/C25H28N2O2/c1-3-4-5-8-16-27-24(28)22(20-13-11-18(2)12-14-20)23(25(27)29)26-17-15-19-9-6-7-10-21(19)26/h6-7,9-14H,3-5,8,15-17H2,1-2H3. The molecular formula is C25H28N2O2. The third-order valence-corrected chi connectivity index (χ3v) is 5.88. The number of nitrogens with zero attached hydrogens (tertiary/aromatic N) is 2. The van der Waals surface area contributed by atoms with Crippen LogP contribution in [0.15, 0.2) is 54.2 Å². The van der Waals surface area contributed by atoms with Gasteiger partial charge in [-0.15, -0.1) is 0 Å². The number of anilines is 1. The maximum atomic E-state index is 13.4. The first-order valence-electron chi connectivity index (χ1n) is 10.6. The van der Waals surface area contributed by atoms with Gasteiger partial charge in [0, 0.05) is 18.8 Å². The van der Waals surface area contributed by atoms with Gasteiger partial charge in [-0.1, -0.05) is 74.2 Å². The number of imide groups is 1. The van der Waals surface area contributed by atoms with Gasteiger partial charge in [0.2, 0.25) is 0 Å². The van der Waals surface area contributed by atoms with E-state index in [9.17, 15) is 9.59 Å². The molecule has 0 unspecified atom stereocenters. The van der Waals surface area contributed by atoms with Crippen LogP contribution in [0, 0.1) is 6.92 Å². The van der Waals surface area contributed by atoms with E-state index < -0.39 is 0 Å². The first-order chi connectivity index (χ1) is 14.1. The van der Waals surface area contributed by atoms with Crippen LogP contribution in [0.25, 0.3) is 5.57 Å². The summed E-state index contributed by atoms with van der Waals surface area (Å²) >= 11 is 0. The number of amides is 2. The average molecular weight is 389 g/mol. The average Bonchev–Trinajstić information content (AvgIpc) is 3.25. The normalized spacial score (nSPS) is 16.2. The Hall–Kier alpha value is -2.88. The highest BCUT2D eigenvalue weighted by atomic mass is 16.2. The lowest BCUT2D eigenvalue weighted by Crippen LogP contribution is -2.35. The molecule has 2 aromatic rings. The minimum atomic E-state index is -0.158. The smallest absolute Gasteiger partial charge is 0.278 e. The molecule has 0 radical (unpaired) electrons. The molecule has 2 aliphatic rings. The van der Waals surface area contributed by atoms with E-state index in [2.05, 4.69) is 17.9 Å². The van der Waals surface area contributed by atoms with E-state index in [-0.39, 0.29) is 11.8 Å². The lowest BCUT2D eigenvalue weighted by molar-refractivity contribution is -0.136. The topological polar surface area (TPSA) is 40.6 Å². The summed E-state index contributed by atoms with van der Waals surface area (Å²) in [7, 11) is 0. The molecule has 2 aliphatic heterocycles. The van der Waals surface area contributed by atoms with Crippen LogP contribution in [0.5, 0.6) is 0 Å². The molecule has 0 bridgehead atoms. The van der Waals surface area contributed by atoms with E-state index >= 15 is 0 Å². The highest BCUT2D eigenvalue weighted by molar-refractivity contribution is 6.36. The highest BCUT2D eigenvalue weighted by Crippen LogP contribution is 2.38. The summed E-state index contributed by atoms with van der Waals surface area (Å²) in [6, 6.07) is 16.1. The first kappa shape index (κ1) is 19.4. The molecule has 0 N–H and O–H groups in total. The van der Waals surface area contributed by atoms with Gasteiger partial charge in [-0.05, 0) is 37.0 Å². The van der Waals surface area contributed by atoms with E-state index in [0.29, 0.717) is 17.8 Å². The SMILES string of the molecule is CCCCCCN1C(=O)C(c2ccc(C)cc2)=C(N2CCc3ccccc32)C1=O. The molecular weight excluding hydrogens is 360 g/mol. The van der Waals surface area contributed by atoms with Gasteiger partial charge in [0.05, 0.1) is 5.57 Å². The molecule has 2 aromatic carbocycles. The van der Waals surface area contributed by atoms with Crippen molar-refractivity contribution >= 4 is 23.1 Å². The van der Waals surface area contributed by atoms with E-state index in [1.54, 1.807) is 0 Å². The molecule has 0 saturated heterocycles. The lowest BCUT2D eigenvalue weighted by atomic mass is 10.0. The monoisotopic (exact) mass is 388 g/mol. The van der Waals surface area contributed by atoms with Gasteiger partial charge >= 0.3 is 0 Å². The van der Waals surface area contributed by atoms with Gasteiger partial charge in [0.25, 0.3) is 11.8 Å². The molecule has 0 aromatic heterocycles. The Labute approximate surface area is 172 Å². The van der Waals surface area contributed by atoms with Crippen molar-refractivity contribution in [1.82, 2.24) is 4.90 Å². The number of carbonyl (C=O) groups excluding carboxylic acids is 2. The van der Waals surface area contributed by atoms with Crippen LogP contribution in [0.2, 0.25) is 0 Å². The molecule has 2 amide bonds. The Morgan fingerprint density at radius 1 is 0.897 bits per heavy atom. The van der Waals surface area contributed by atoms with Crippen LogP contribution in [0.3, 0.4) is 0 Å². The van der Waals surface area contributed by atoms with Crippen molar-refractivity contribution < 1.29 is 9.59 Å². The van der Waals surface area contributed by atoms with Crippen molar-refractivity contribution in [3.8, 4) is 0 Å². The fraction of sp³-hybridized carbons (Fsp3) is 0.360. The number of carbonyl (C=O) groups is 2. The van der Waals surface area contributed by atoms with Crippen molar-refractivity contribution in [3.63, 3.8) is 0 Å². The van der Waals surface area contributed by atoms with Gasteiger partial charge in [0.15, 0.2) is 0 Å². The Kier molecular flexibility index (Phi) is 5.52. The van der Waals surface area contributed by atoms with Gasteiger partial charge < -0.3 is 4.90 Å². The number of fused-ring (bicyclic) bond motifs is 1. The lowest BCUT2D eigenvalue weighted by Gasteiger charge is -2.21. The van der Waals surface area contributed by atoms with Gasteiger partial charge in [-0.25, -0.2) is 0 Å². The summed E-state index contributed by atoms with van der Waals surface area (Å²) < 4.78 is 0. The van der Waals surface area contributed by atoms with E-state index in [1.165, 1.54) is 10.5 Å². The van der Waals surface area contributed by atoms with E-state index in [0.717, 1.165) is 55.5 Å². The Morgan fingerprint density at radius 3 is 2.41 bits per heavy atom. The molecule has 0 saturated carbocycles. The molecule has 0 atom stereocenters. The number of hydrogen-bond donors (Lipinski definition) is 0. The number of hydrogen-bond acceptors (Lipinski definition) is 3. The summed E-state index contributed by atoms with van der Waals surface area (Å²) in [6.45, 7) is 5.41. The van der Waals surface area contributed by atoms with Crippen LogP contribution in [-0.2, 0) is 16.0 Å². The molecule has 29 heavy (non-hydrogen) atoms. The minimum absolute atomic E-state index is 0.154. The molecule has 150 valence electrons. The third-order valence-electron chi connectivity index (χ3n) is 5.88. The second kappa shape index (κ2) is 8.24. The summed E-state index contributed by atoms with van der Waals surface area (Å²) in [4.78, 5) is 30.3. The van der Waals surface area contributed by atoms with Crippen LogP contribution in [0.4, 0.5) is 5.69 Å². The Balaban J connectivity index is 1.73. The largest absolute Gasteiger partial charge is 0.336 e. The third kappa shape index (κ3) is 3.59. The number of rotatable bonds is 7. The Morgan fingerprint density at radius 2 is 1.66 bits per heavy atom. The number of para-hydroxylation sites is 1. The second-order valence-corrected chi connectivity index (χ2v) is 7.94. The molecule has 0 aliphatic carbocycles. The van der Waals surface area contributed by atoms with Crippen LogP contribution >= 0.6 is 0 Å². The second-order valence-electron chi connectivity index (χ2n) is 7.94. The number of benzene rings is 2. The highest BCUT2D eigenvalue weighted by Gasteiger charge is 2.42. The van der Waals surface area contributed by atoms with Gasteiger partial charge in [-0.2, -0.15) is 0 Å². The predicted octanol–water partition coefficient (Wildman–Crippen LogP) is 4.72. The molecule has 4 rings (SSSR count). The fourth-order valence-corrected chi connectivity index (χ4v) is 4.26. The van der Waals surface area contributed by atoms with Crippen LogP contribution in [-0.4, -0.2) is 29.8 Å². The zero-order chi connectivity index (χ0) is 20.4. The summed E-state index contributed by atoms with van der Waals surface area (Å²) in [6.07, 6.45) is 5.04. The zero-order valence-electron chi connectivity index (χ0n) is 17.3. The van der Waals surface area contributed by atoms with Crippen molar-refractivity contribution in [2.75, 3.05) is 18.0 Å². The summed E-state index contributed by atoms with van der Waals surface area (Å²) in [5.74, 6) is -0.312. The maximum Gasteiger partial charge on any atom is 0.278 e. The molecule has 4 nitrogen and oxygen atoms in total. The van der Waals surface area contributed by atoms with Crippen LogP contribution in [0.1, 0.15) is 49.3 Å². The molecule has 4 heteroatoms.